The van der Waals surface area contributed by atoms with Crippen LogP contribution in [0.15, 0.2) is 109 Å². The number of carbonyl (C=O) groups is 1. The van der Waals surface area contributed by atoms with Crippen LogP contribution in [-0.4, -0.2) is 62.7 Å². The smallest absolute Gasteiger partial charge is 0.261 e. The Morgan fingerprint density at radius 2 is 1.57 bits per heavy atom. The summed E-state index contributed by atoms with van der Waals surface area (Å²) in [6.07, 6.45) is 12.7. The Bertz CT molecular complexity index is 1780. The lowest BCUT2D eigenvalue weighted by Gasteiger charge is -2.46. The third kappa shape index (κ3) is 12.0. The first-order valence-electron chi connectivity index (χ1n) is 22.6. The van der Waals surface area contributed by atoms with E-state index in [1.807, 2.05) is 26.0 Å². The molecule has 1 aromatic heterocycles. The van der Waals surface area contributed by atoms with Crippen LogP contribution in [-0.2, 0) is 34.6 Å². The minimum Gasteiger partial charge on any atom is -0.401 e. The first-order valence-corrected chi connectivity index (χ1v) is 24.5. The summed E-state index contributed by atoms with van der Waals surface area (Å²) in [4.78, 5) is 19.4. The number of nitrogens with zero attached hydrogens (tertiary/aromatic N) is 1. The van der Waals surface area contributed by atoms with E-state index in [1.54, 1.807) is 12.4 Å². The minimum absolute atomic E-state index is 0.122. The van der Waals surface area contributed by atoms with Gasteiger partial charge in [0.15, 0.2) is 12.1 Å². The van der Waals surface area contributed by atoms with E-state index in [1.165, 1.54) is 15.9 Å². The van der Waals surface area contributed by atoms with Crippen molar-refractivity contribution in [1.82, 2.24) is 4.98 Å². The van der Waals surface area contributed by atoms with Crippen molar-refractivity contribution in [1.29, 1.82) is 0 Å². The number of carbonyl (C=O) groups excluding carboxylic acids is 1. The first-order chi connectivity index (χ1) is 28.5. The summed E-state index contributed by atoms with van der Waals surface area (Å²) < 4.78 is 33.0. The van der Waals surface area contributed by atoms with Crippen LogP contribution < -0.4 is 10.4 Å². The van der Waals surface area contributed by atoms with Crippen molar-refractivity contribution in [2.45, 2.75) is 162 Å². The molecular formula is C52H75NO6Si. The molecule has 0 spiro atoms. The summed E-state index contributed by atoms with van der Waals surface area (Å²) in [5, 5.41) is 2.42. The van der Waals surface area contributed by atoms with E-state index in [4.69, 9.17) is 23.4 Å². The van der Waals surface area contributed by atoms with Crippen molar-refractivity contribution >= 4 is 24.5 Å². The number of ether oxygens (including phenoxy) is 4. The van der Waals surface area contributed by atoms with Crippen molar-refractivity contribution in [3.63, 3.8) is 0 Å². The van der Waals surface area contributed by atoms with Gasteiger partial charge in [-0.1, -0.05) is 119 Å². The number of hydrogen-bond donors (Lipinski definition) is 0. The number of rotatable bonds is 20. The van der Waals surface area contributed by atoms with Gasteiger partial charge in [0.1, 0.15) is 5.78 Å². The average Bonchev–Trinajstić information content (AvgIpc) is 3.22. The Morgan fingerprint density at radius 3 is 2.12 bits per heavy atom. The zero-order valence-electron chi connectivity index (χ0n) is 38.5. The molecule has 5 rings (SSSR count). The van der Waals surface area contributed by atoms with Gasteiger partial charge in [0, 0.05) is 24.9 Å². The molecule has 0 N–H and O–H groups in total. The van der Waals surface area contributed by atoms with Crippen LogP contribution in [0.1, 0.15) is 126 Å². The third-order valence-corrected chi connectivity index (χ3v) is 18.0. The van der Waals surface area contributed by atoms with E-state index in [2.05, 4.69) is 134 Å². The molecule has 0 aliphatic carbocycles. The van der Waals surface area contributed by atoms with E-state index in [9.17, 15) is 0 Å². The highest BCUT2D eigenvalue weighted by Crippen LogP contribution is 2.42. The first kappa shape index (κ1) is 47.8. The second-order valence-electron chi connectivity index (χ2n) is 19.4. The molecule has 3 heterocycles. The zero-order valence-corrected chi connectivity index (χ0v) is 39.5. The highest BCUT2D eigenvalue weighted by atomic mass is 28.4. The number of ketones is 1. The van der Waals surface area contributed by atoms with Crippen molar-refractivity contribution in [3.8, 4) is 0 Å². The minimum atomic E-state index is -2.75. The topological polar surface area (TPSA) is 76.1 Å². The maximum Gasteiger partial charge on any atom is 0.261 e. The van der Waals surface area contributed by atoms with E-state index < -0.39 is 19.5 Å². The molecule has 2 saturated heterocycles. The number of pyridine rings is 1. The number of Topliss-reactive ketones (excluding diaryl/α,β-unsaturated/α-hetero) is 1. The van der Waals surface area contributed by atoms with E-state index in [0.29, 0.717) is 26.1 Å². The number of benzene rings is 2. The molecule has 3 unspecified atom stereocenters. The number of aromatic nitrogens is 1. The molecule has 0 amide bonds. The monoisotopic (exact) mass is 838 g/mol. The summed E-state index contributed by atoms with van der Waals surface area (Å²) in [5.74, 6) is -0.855. The maximum absolute atomic E-state index is 15.1. The molecule has 7 nitrogen and oxygen atoms in total. The van der Waals surface area contributed by atoms with Crippen molar-refractivity contribution in [2.75, 3.05) is 13.2 Å². The summed E-state index contributed by atoms with van der Waals surface area (Å²) in [7, 11) is -2.75. The molecule has 60 heavy (non-hydrogen) atoms. The second kappa shape index (κ2) is 21.2. The lowest BCUT2D eigenvalue weighted by Crippen LogP contribution is -2.67. The van der Waals surface area contributed by atoms with Gasteiger partial charge in [-0.2, -0.15) is 0 Å². The summed E-state index contributed by atoms with van der Waals surface area (Å²) >= 11 is 0. The fourth-order valence-electron chi connectivity index (χ4n) is 9.52. The van der Waals surface area contributed by atoms with Gasteiger partial charge in [0.2, 0.25) is 0 Å². The number of hydrogen-bond acceptors (Lipinski definition) is 7. The largest absolute Gasteiger partial charge is 0.401 e. The van der Waals surface area contributed by atoms with E-state index in [-0.39, 0.29) is 47.3 Å². The van der Waals surface area contributed by atoms with E-state index in [0.717, 1.165) is 56.1 Å². The highest BCUT2D eigenvalue weighted by molar-refractivity contribution is 6.99. The predicted octanol–water partition coefficient (Wildman–Crippen LogP) is 11.0. The Labute approximate surface area is 363 Å². The van der Waals surface area contributed by atoms with Gasteiger partial charge in [-0.25, -0.2) is 0 Å². The quantitative estimate of drug-likeness (QED) is 0.0829. The maximum atomic E-state index is 15.1. The molecule has 8 heteroatoms. The Balaban J connectivity index is 1.32. The molecule has 2 aromatic carbocycles. The molecule has 2 fully saturated rings. The third-order valence-electron chi connectivity index (χ3n) is 13.0. The standard InChI is InChI=1S/C52H75NO6Si/c1-38(2)45(59-60(50(6,7)8,43-23-14-12-15-24-43)44-25-16-13-17-26-44)29-28-39(3)21-20-22-40(4)48(57-47-27-18-19-35-55-47)41(5)49(54)52(11,37-42-30-33-53-34-31-42)46-32-36-56-51(9,10)58-46/h12-17,23-26,28,30-31,33-34,40-41,45-48H,1,18-22,27,29,32,35-37H2,2-11H3/t40-,41?,45-,46-,47?,48-,52?/m0/s1. The van der Waals surface area contributed by atoms with Gasteiger partial charge in [0.25, 0.3) is 8.32 Å². The van der Waals surface area contributed by atoms with Crippen LogP contribution in [0, 0.1) is 17.3 Å². The average molecular weight is 838 g/mol. The van der Waals surface area contributed by atoms with Gasteiger partial charge in [-0.3, -0.25) is 9.78 Å². The summed E-state index contributed by atoms with van der Waals surface area (Å²) in [5.41, 5.74) is 2.64. The molecule has 0 radical (unpaired) electrons. The van der Waals surface area contributed by atoms with E-state index >= 15 is 4.79 Å². The normalized spacial score (nSPS) is 21.9. The fourth-order valence-corrected chi connectivity index (χ4v) is 14.3. The lowest BCUT2D eigenvalue weighted by atomic mass is 9.68. The molecular weight excluding hydrogens is 763 g/mol. The van der Waals surface area contributed by atoms with Gasteiger partial charge < -0.3 is 23.4 Å². The molecule has 0 bridgehead atoms. The molecule has 328 valence electrons. The van der Waals surface area contributed by atoms with Crippen LogP contribution in [0.3, 0.4) is 0 Å². The van der Waals surface area contributed by atoms with Crippen molar-refractivity contribution < 1.29 is 28.2 Å². The van der Waals surface area contributed by atoms with Gasteiger partial charge in [-0.05, 0) is 131 Å². The Hall–Kier alpha value is -3.24. The highest BCUT2D eigenvalue weighted by Gasteiger charge is 2.52. The Morgan fingerprint density at radius 1 is 0.933 bits per heavy atom. The van der Waals surface area contributed by atoms with Gasteiger partial charge in [-0.15, -0.1) is 0 Å². The number of allylic oxidation sites excluding steroid dienone is 1. The van der Waals surface area contributed by atoms with Crippen molar-refractivity contribution in [3.05, 3.63) is 115 Å². The molecule has 2 aliphatic rings. The predicted molar refractivity (Wildman–Crippen MR) is 247 cm³/mol. The van der Waals surface area contributed by atoms with Crippen LogP contribution in [0.5, 0.6) is 0 Å². The van der Waals surface area contributed by atoms with Crippen LogP contribution in [0.2, 0.25) is 5.04 Å². The molecule has 2 aliphatic heterocycles. The van der Waals surface area contributed by atoms with Crippen LogP contribution >= 0.6 is 0 Å². The summed E-state index contributed by atoms with van der Waals surface area (Å²) in [6.45, 7) is 27.3. The molecule has 0 saturated carbocycles. The summed E-state index contributed by atoms with van der Waals surface area (Å²) in [6, 6.07) is 25.7. The van der Waals surface area contributed by atoms with Crippen molar-refractivity contribution in [2.24, 2.45) is 17.3 Å². The lowest BCUT2D eigenvalue weighted by molar-refractivity contribution is -0.290. The Kier molecular flexibility index (Phi) is 16.9. The second-order valence-corrected chi connectivity index (χ2v) is 23.7. The van der Waals surface area contributed by atoms with Gasteiger partial charge >= 0.3 is 0 Å². The van der Waals surface area contributed by atoms with Gasteiger partial charge in [0.05, 0.1) is 30.3 Å². The van der Waals surface area contributed by atoms with Crippen LogP contribution in [0.25, 0.3) is 0 Å². The molecule has 7 atom stereocenters. The van der Waals surface area contributed by atoms with Crippen LogP contribution in [0.4, 0.5) is 0 Å². The molecule has 3 aromatic rings. The zero-order chi connectivity index (χ0) is 43.6. The SMILES string of the molecule is C=C(C)[C@H](CC=C(C)CCC[C@H](C)[C@H](OC1CCCCO1)C(C)C(=O)C(C)(Cc1ccncc1)[C@@H]1CCOC(C)(C)O1)O[Si](c1ccccc1)(c1ccccc1)C(C)(C)C. The fraction of sp³-hybridized carbons (Fsp3) is 0.577.